The van der Waals surface area contributed by atoms with E-state index in [9.17, 15) is 14.4 Å². The van der Waals surface area contributed by atoms with E-state index in [0.717, 1.165) is 6.92 Å². The fraction of sp³-hybridized carbons (Fsp3) is 0.500. The fourth-order valence-electron chi connectivity index (χ4n) is 1.01. The maximum absolute atomic E-state index is 10.8. The van der Waals surface area contributed by atoms with E-state index < -0.39 is 17.9 Å². The largest absolute Gasteiger partial charge is 0.332 e. The van der Waals surface area contributed by atoms with E-state index in [2.05, 4.69) is 30.0 Å². The van der Waals surface area contributed by atoms with Crippen molar-refractivity contribution in [3.05, 3.63) is 0 Å². The Kier molecular flexibility index (Phi) is 8.20. The molecule has 21 heavy (non-hydrogen) atoms. The van der Waals surface area contributed by atoms with Gasteiger partial charge in [-0.1, -0.05) is 22.4 Å². The molecule has 0 heterocycles. The standard InChI is InChI=1S/C12H17N3O6/c1-6-11(14-20-9(4)17)12(15-21-10(5)18)7(2)13-19-8(3)16/h6H2,1-5H3. The summed E-state index contributed by atoms with van der Waals surface area (Å²) in [4.78, 5) is 45.9. The molecule has 0 fully saturated rings. The number of hydrogen-bond donors (Lipinski definition) is 0. The Morgan fingerprint density at radius 2 is 1.19 bits per heavy atom. The SMILES string of the molecule is CCC(=NOC(C)=O)C(=NOC(C)=O)C(C)=NOC(C)=O. The zero-order valence-corrected chi connectivity index (χ0v) is 12.5. The fourth-order valence-corrected chi connectivity index (χ4v) is 1.01. The number of rotatable bonds is 6. The molecule has 0 aromatic rings. The molecule has 9 nitrogen and oxygen atoms in total. The molecule has 0 bridgehead atoms. The summed E-state index contributed by atoms with van der Waals surface area (Å²) >= 11 is 0. The predicted molar refractivity (Wildman–Crippen MR) is 73.6 cm³/mol. The van der Waals surface area contributed by atoms with Gasteiger partial charge in [0.1, 0.15) is 11.4 Å². The molecule has 0 aromatic heterocycles. The molecule has 0 saturated carbocycles. The summed E-state index contributed by atoms with van der Waals surface area (Å²) in [5, 5.41) is 10.7. The summed E-state index contributed by atoms with van der Waals surface area (Å²) in [6.45, 7) is 6.69. The summed E-state index contributed by atoms with van der Waals surface area (Å²) in [5.41, 5.74) is 0.342. The molecule has 0 radical (unpaired) electrons. The van der Waals surface area contributed by atoms with Crippen molar-refractivity contribution in [3.8, 4) is 0 Å². The number of oxime groups is 3. The van der Waals surface area contributed by atoms with Gasteiger partial charge in [0.05, 0.1) is 0 Å². The molecular formula is C12H17N3O6. The summed E-state index contributed by atoms with van der Waals surface area (Å²) < 4.78 is 0. The third kappa shape index (κ3) is 8.24. The first-order valence-electron chi connectivity index (χ1n) is 6.00. The van der Waals surface area contributed by atoms with Crippen molar-refractivity contribution in [2.75, 3.05) is 0 Å². The van der Waals surface area contributed by atoms with Gasteiger partial charge in [-0.25, -0.2) is 14.4 Å². The van der Waals surface area contributed by atoms with Crippen LogP contribution in [0.4, 0.5) is 0 Å². The van der Waals surface area contributed by atoms with Crippen molar-refractivity contribution >= 4 is 35.0 Å². The monoisotopic (exact) mass is 299 g/mol. The average molecular weight is 299 g/mol. The van der Waals surface area contributed by atoms with E-state index in [1.54, 1.807) is 6.92 Å². The molecule has 9 heteroatoms. The Bertz CT molecular complexity index is 507. The number of hydrogen-bond acceptors (Lipinski definition) is 9. The summed E-state index contributed by atoms with van der Waals surface area (Å²) in [5.74, 6) is -1.91. The first-order valence-corrected chi connectivity index (χ1v) is 6.00. The second kappa shape index (κ2) is 9.34. The Hall–Kier alpha value is -2.58. The summed E-state index contributed by atoms with van der Waals surface area (Å²) in [6, 6.07) is 0. The van der Waals surface area contributed by atoms with Gasteiger partial charge in [-0.2, -0.15) is 0 Å². The molecule has 0 N–H and O–H groups in total. The summed E-state index contributed by atoms with van der Waals surface area (Å²) in [7, 11) is 0. The lowest BCUT2D eigenvalue weighted by Gasteiger charge is -2.06. The van der Waals surface area contributed by atoms with E-state index in [-0.39, 0.29) is 17.1 Å². The minimum atomic E-state index is -0.657. The maximum Gasteiger partial charge on any atom is 0.332 e. The molecule has 0 amide bonds. The zero-order valence-electron chi connectivity index (χ0n) is 12.5. The topological polar surface area (TPSA) is 116 Å². The molecule has 116 valence electrons. The first kappa shape index (κ1) is 18.4. The average Bonchev–Trinajstić information content (AvgIpc) is 2.39. The van der Waals surface area contributed by atoms with Crippen LogP contribution in [0.5, 0.6) is 0 Å². The molecule has 0 aliphatic heterocycles. The van der Waals surface area contributed by atoms with Crippen molar-refractivity contribution in [2.24, 2.45) is 15.5 Å². The van der Waals surface area contributed by atoms with E-state index in [4.69, 9.17) is 0 Å². The predicted octanol–water partition coefficient (Wildman–Crippen LogP) is 1.17. The molecule has 0 spiro atoms. The minimum Gasteiger partial charge on any atom is -0.318 e. The van der Waals surface area contributed by atoms with Gasteiger partial charge >= 0.3 is 17.9 Å². The van der Waals surface area contributed by atoms with E-state index in [1.165, 1.54) is 20.8 Å². The van der Waals surface area contributed by atoms with Crippen LogP contribution in [0, 0.1) is 0 Å². The molecule has 0 aliphatic carbocycles. The third-order valence-corrected chi connectivity index (χ3v) is 1.81. The van der Waals surface area contributed by atoms with Gasteiger partial charge < -0.3 is 14.5 Å². The molecule has 0 saturated heterocycles. The Morgan fingerprint density at radius 3 is 1.62 bits per heavy atom. The van der Waals surface area contributed by atoms with Crippen LogP contribution >= 0.6 is 0 Å². The molecule has 0 rings (SSSR count). The zero-order chi connectivity index (χ0) is 16.4. The van der Waals surface area contributed by atoms with Gasteiger partial charge in [-0.3, -0.25) is 0 Å². The summed E-state index contributed by atoms with van der Waals surface area (Å²) in [6.07, 6.45) is 0.306. The van der Waals surface area contributed by atoms with Crippen molar-refractivity contribution in [1.29, 1.82) is 0 Å². The first-order chi connectivity index (χ1) is 9.77. The quantitative estimate of drug-likeness (QED) is 0.413. The highest BCUT2D eigenvalue weighted by Crippen LogP contribution is 1.99. The van der Waals surface area contributed by atoms with E-state index in [1.807, 2.05) is 0 Å². The third-order valence-electron chi connectivity index (χ3n) is 1.81. The van der Waals surface area contributed by atoms with Crippen LogP contribution < -0.4 is 0 Å². The lowest BCUT2D eigenvalue weighted by molar-refractivity contribution is -0.142. The normalized spacial score (nSPS) is 12.7. The number of carbonyl (C=O) groups excluding carboxylic acids is 3. The highest BCUT2D eigenvalue weighted by atomic mass is 16.7. The smallest absolute Gasteiger partial charge is 0.318 e. The van der Waals surface area contributed by atoms with Crippen LogP contribution in [-0.4, -0.2) is 35.0 Å². The van der Waals surface area contributed by atoms with Gasteiger partial charge in [-0.05, 0) is 13.3 Å². The van der Waals surface area contributed by atoms with Gasteiger partial charge in [0, 0.05) is 20.8 Å². The highest BCUT2D eigenvalue weighted by molar-refractivity contribution is 6.68. The molecule has 0 aliphatic rings. The van der Waals surface area contributed by atoms with Crippen LogP contribution in [-0.2, 0) is 28.9 Å². The lowest BCUT2D eigenvalue weighted by atomic mass is 10.1. The van der Waals surface area contributed by atoms with Crippen molar-refractivity contribution in [1.82, 2.24) is 0 Å². The second-order valence-corrected chi connectivity index (χ2v) is 3.76. The number of carbonyl (C=O) groups is 3. The number of nitrogens with zero attached hydrogens (tertiary/aromatic N) is 3. The van der Waals surface area contributed by atoms with Crippen LogP contribution in [0.25, 0.3) is 0 Å². The van der Waals surface area contributed by atoms with Crippen molar-refractivity contribution < 1.29 is 28.9 Å². The van der Waals surface area contributed by atoms with Crippen LogP contribution in [0.2, 0.25) is 0 Å². The van der Waals surface area contributed by atoms with Crippen LogP contribution in [0.3, 0.4) is 0 Å². The highest BCUT2D eigenvalue weighted by Gasteiger charge is 2.16. The van der Waals surface area contributed by atoms with Crippen LogP contribution in [0.15, 0.2) is 15.5 Å². The molecule has 0 atom stereocenters. The van der Waals surface area contributed by atoms with E-state index in [0.29, 0.717) is 6.42 Å². The Balaban J connectivity index is 5.47. The molecule has 0 unspecified atom stereocenters. The van der Waals surface area contributed by atoms with Crippen LogP contribution in [0.1, 0.15) is 41.0 Å². The minimum absolute atomic E-state index is 0.0233. The Morgan fingerprint density at radius 1 is 0.762 bits per heavy atom. The lowest BCUT2D eigenvalue weighted by Crippen LogP contribution is -2.24. The molecular weight excluding hydrogens is 282 g/mol. The van der Waals surface area contributed by atoms with Gasteiger partial charge in [-0.15, -0.1) is 0 Å². The van der Waals surface area contributed by atoms with Crippen molar-refractivity contribution in [3.63, 3.8) is 0 Å². The maximum atomic E-state index is 10.8. The molecule has 0 aromatic carbocycles. The van der Waals surface area contributed by atoms with E-state index >= 15 is 0 Å². The van der Waals surface area contributed by atoms with Gasteiger partial charge in [0.25, 0.3) is 0 Å². The Labute approximate surface area is 121 Å². The van der Waals surface area contributed by atoms with Gasteiger partial charge in [0.15, 0.2) is 5.71 Å². The second-order valence-electron chi connectivity index (χ2n) is 3.76. The van der Waals surface area contributed by atoms with Crippen molar-refractivity contribution in [2.45, 2.75) is 41.0 Å². The van der Waals surface area contributed by atoms with Gasteiger partial charge in [0.2, 0.25) is 0 Å².